The van der Waals surface area contributed by atoms with Gasteiger partial charge in [-0.15, -0.1) is 0 Å². The van der Waals surface area contributed by atoms with E-state index >= 15 is 0 Å². The predicted octanol–water partition coefficient (Wildman–Crippen LogP) is -8.23. The molecule has 0 aliphatic heterocycles. The average molecular weight is 174 g/mol. The van der Waals surface area contributed by atoms with Gasteiger partial charge in [-0.05, 0) is 0 Å². The van der Waals surface area contributed by atoms with Crippen molar-refractivity contribution in [2.75, 3.05) is 0 Å². The number of hydrogen-bond donors (Lipinski definition) is 3. The molecule has 0 bridgehead atoms. The van der Waals surface area contributed by atoms with Gasteiger partial charge < -0.3 is 38.4 Å². The minimum atomic E-state index is -2.17. The molecule has 0 saturated heterocycles. The minimum Gasteiger partial charge on any atom is -1.00 e. The first kappa shape index (κ1) is 47.3. The van der Waals surface area contributed by atoms with E-state index in [4.69, 9.17) is 15.1 Å². The summed E-state index contributed by atoms with van der Waals surface area (Å²) < 4.78 is 0. The molecule has 0 amide bonds. The van der Waals surface area contributed by atoms with Crippen molar-refractivity contribution in [3.63, 3.8) is 0 Å². The molecule has 0 aromatic heterocycles. The molecule has 11 N–H and O–H groups in total. The van der Waals surface area contributed by atoms with Crippen molar-refractivity contribution in [1.29, 1.82) is 0 Å². The van der Waals surface area contributed by atoms with Crippen LogP contribution in [0.15, 0.2) is 0 Å². The van der Waals surface area contributed by atoms with Crippen LogP contribution in [0.2, 0.25) is 0 Å². The molecule has 0 fully saturated rings. The molecule has 0 rings (SSSR count). The van der Waals surface area contributed by atoms with E-state index in [1.807, 2.05) is 0 Å². The van der Waals surface area contributed by atoms with Gasteiger partial charge >= 0.3 is 58.7 Å². The van der Waals surface area contributed by atoms with Crippen LogP contribution in [0.5, 0.6) is 0 Å². The van der Waals surface area contributed by atoms with Crippen LogP contribution >= 0.6 is 0 Å². The first-order chi connectivity index (χ1) is 1.73. The van der Waals surface area contributed by atoms with Crippen LogP contribution < -0.4 is 51.4 Å². The minimum absolute atomic E-state index is 0. The Morgan fingerprint density at radius 2 is 0.778 bits per heavy atom. The fourth-order valence-electron chi connectivity index (χ4n) is 0. The van der Waals surface area contributed by atoms with Crippen molar-refractivity contribution < 1.29 is 89.8 Å². The van der Waals surface area contributed by atoms with E-state index in [9.17, 15) is 0 Å². The van der Waals surface area contributed by atoms with E-state index in [2.05, 4.69) is 0 Å². The molecule has 0 spiro atoms. The summed E-state index contributed by atoms with van der Waals surface area (Å²) in [5.74, 6) is 0. The molecule has 0 atom stereocenters. The molecule has 58 valence electrons. The third-order valence-electron chi connectivity index (χ3n) is 0. The summed E-state index contributed by atoms with van der Waals surface area (Å²) in [6.45, 7) is 0. The topological polar surface area (TPSA) is 187 Å². The van der Waals surface area contributed by atoms with E-state index in [0.29, 0.717) is 0 Å². The molecule has 0 heterocycles. The Bertz CT molecular complexity index is 18.3. The molecular weight excluding hydrogens is 162 g/mol. The van der Waals surface area contributed by atoms with Gasteiger partial charge in [-0.2, -0.15) is 0 Å². The van der Waals surface area contributed by atoms with Crippen LogP contribution in [0.1, 0.15) is 1.43 Å². The third kappa shape index (κ3) is 257. The number of hydrogen-bond acceptors (Lipinski definition) is 3. The Morgan fingerprint density at radius 1 is 0.778 bits per heavy atom. The molecule has 0 aromatic rings. The van der Waals surface area contributed by atoms with Gasteiger partial charge in [-0.3, -0.25) is 0 Å². The Kier molecular flexibility index (Phi) is 180. The average Bonchev–Trinajstić information content (AvgIpc) is 0.811. The molecule has 0 saturated carbocycles. The predicted molar refractivity (Wildman–Crippen MR) is 28.0 cm³/mol. The summed E-state index contributed by atoms with van der Waals surface area (Å²) in [6, 6.07) is 0. The van der Waals surface area contributed by atoms with Crippen LogP contribution in [-0.4, -0.2) is 44.3 Å². The Hall–Kier alpha value is 1.42. The van der Waals surface area contributed by atoms with Gasteiger partial charge in [0, 0.05) is 0 Å². The first-order valence-corrected chi connectivity index (χ1v) is 0.775. The van der Waals surface area contributed by atoms with Crippen molar-refractivity contribution >= 4 is 7.32 Å². The molecule has 9 heavy (non-hydrogen) atoms. The second-order valence-electron chi connectivity index (χ2n) is 0.346. The first-order valence-electron chi connectivity index (χ1n) is 0.775. The maximum absolute atomic E-state index is 7.17. The van der Waals surface area contributed by atoms with E-state index < -0.39 is 7.32 Å². The Balaban J connectivity index is -0.00000000300. The fourth-order valence-corrected chi connectivity index (χ4v) is 0. The molecule has 7 nitrogen and oxygen atoms in total. The van der Waals surface area contributed by atoms with Gasteiger partial charge in [-0.25, -0.2) is 0 Å². The van der Waals surface area contributed by atoms with E-state index in [0.717, 1.165) is 0 Å². The largest absolute Gasteiger partial charge is 1.00 e. The van der Waals surface area contributed by atoms with Crippen LogP contribution in [0.4, 0.5) is 0 Å². The summed E-state index contributed by atoms with van der Waals surface area (Å²) >= 11 is 0. The molecule has 0 aliphatic carbocycles. The summed E-state index contributed by atoms with van der Waals surface area (Å²) in [5.41, 5.74) is 0. The van der Waals surface area contributed by atoms with Crippen LogP contribution in [-0.2, 0) is 0 Å². The van der Waals surface area contributed by atoms with Gasteiger partial charge in [0.25, 0.3) is 0 Å². The smallest absolute Gasteiger partial charge is 1.00 e. The van der Waals surface area contributed by atoms with Gasteiger partial charge in [0.05, 0.1) is 0 Å². The molecule has 0 aliphatic rings. The van der Waals surface area contributed by atoms with E-state index in [1.54, 1.807) is 0 Å². The van der Waals surface area contributed by atoms with E-state index in [1.165, 1.54) is 0 Å². The second-order valence-corrected chi connectivity index (χ2v) is 0.346. The standard InChI is InChI=1S/BH3O3.K.4H2O.H/c2-1(3)4;;;;;;/h2-4H;;4*1H2;/q;+1;;;;;-1. The number of rotatable bonds is 0. The van der Waals surface area contributed by atoms with Crippen molar-refractivity contribution in [2.45, 2.75) is 0 Å². The quantitative estimate of drug-likeness (QED) is 0.308. The fraction of sp³-hybridized carbons (Fsp3) is 0. The van der Waals surface area contributed by atoms with Crippen LogP contribution in [0.3, 0.4) is 0 Å². The molecule has 9 heteroatoms. The summed E-state index contributed by atoms with van der Waals surface area (Å²) in [7, 11) is -2.17. The van der Waals surface area contributed by atoms with Crippen molar-refractivity contribution in [2.24, 2.45) is 0 Å². The van der Waals surface area contributed by atoms with Gasteiger partial charge in [0.15, 0.2) is 0 Å². The van der Waals surface area contributed by atoms with Gasteiger partial charge in [-0.1, -0.05) is 0 Å². The monoisotopic (exact) mass is 174 g/mol. The normalized spacial score (nSPS) is 3.00. The summed E-state index contributed by atoms with van der Waals surface area (Å²) in [4.78, 5) is 0. The van der Waals surface area contributed by atoms with Crippen molar-refractivity contribution in [3.05, 3.63) is 0 Å². The summed E-state index contributed by atoms with van der Waals surface area (Å²) in [5, 5.41) is 21.5. The van der Waals surface area contributed by atoms with Crippen LogP contribution in [0.25, 0.3) is 0 Å². The maximum atomic E-state index is 7.17. The van der Waals surface area contributed by atoms with Crippen molar-refractivity contribution in [3.8, 4) is 0 Å². The third-order valence-corrected chi connectivity index (χ3v) is 0. The Morgan fingerprint density at radius 3 is 0.778 bits per heavy atom. The zero-order valence-corrected chi connectivity index (χ0v) is 8.04. The zero-order valence-electron chi connectivity index (χ0n) is 5.92. The van der Waals surface area contributed by atoms with E-state index in [-0.39, 0.29) is 74.7 Å². The molecule has 0 unspecified atom stereocenters. The van der Waals surface area contributed by atoms with Crippen molar-refractivity contribution in [1.82, 2.24) is 0 Å². The van der Waals surface area contributed by atoms with Gasteiger partial charge in [0.2, 0.25) is 0 Å². The van der Waals surface area contributed by atoms with Gasteiger partial charge in [0.1, 0.15) is 0 Å². The second kappa shape index (κ2) is 34.2. The molecular formula is H12BKO7. The SMILES string of the molecule is O.O.O.O.OB(O)O.[H-].[K+]. The molecule has 0 radical (unpaired) electrons. The summed E-state index contributed by atoms with van der Waals surface area (Å²) in [6.07, 6.45) is 0. The Labute approximate surface area is 96.0 Å². The molecule has 0 aromatic carbocycles. The maximum Gasteiger partial charge on any atom is 1.00 e. The van der Waals surface area contributed by atoms with Crippen LogP contribution in [0, 0.1) is 0 Å². The zero-order chi connectivity index (χ0) is 3.58.